The molecule has 2 heterocycles. The molecule has 1 unspecified atom stereocenters. The molecule has 1 saturated heterocycles. The van der Waals surface area contributed by atoms with E-state index in [1.807, 2.05) is 13.8 Å². The summed E-state index contributed by atoms with van der Waals surface area (Å²) in [6.07, 6.45) is 1.28. The van der Waals surface area contributed by atoms with Crippen LogP contribution in [0.3, 0.4) is 0 Å². The average Bonchev–Trinajstić information content (AvgIpc) is 3.44. The molecule has 0 bridgehead atoms. The van der Waals surface area contributed by atoms with Crippen molar-refractivity contribution in [1.82, 2.24) is 9.88 Å². The Bertz CT molecular complexity index is 1100. The van der Waals surface area contributed by atoms with Crippen LogP contribution in [0.5, 0.6) is 5.75 Å². The molecule has 1 aliphatic heterocycles. The minimum Gasteiger partial charge on any atom is -0.449 e. The number of carbonyl (C=O) groups is 1. The van der Waals surface area contributed by atoms with Gasteiger partial charge in [-0.15, -0.1) is 0 Å². The molecular weight excluding hydrogens is 415 g/mol. The highest BCUT2D eigenvalue weighted by molar-refractivity contribution is 5.86. The highest BCUT2D eigenvalue weighted by Crippen LogP contribution is 2.41. The van der Waals surface area contributed by atoms with Crippen LogP contribution in [-0.4, -0.2) is 41.5 Å². The summed E-state index contributed by atoms with van der Waals surface area (Å²) in [7, 11) is 0. The van der Waals surface area contributed by atoms with Gasteiger partial charge >= 0.3 is 6.16 Å². The number of carboxylic acid groups (broad SMARTS) is 1. The Morgan fingerprint density at radius 3 is 2.55 bits per heavy atom. The largest absolute Gasteiger partial charge is 0.511 e. The smallest absolute Gasteiger partial charge is 0.449 e. The first kappa shape index (κ1) is 21.5. The summed E-state index contributed by atoms with van der Waals surface area (Å²) in [6, 6.07) is 0.0313. The van der Waals surface area contributed by atoms with E-state index in [2.05, 4.69) is 10.1 Å². The lowest BCUT2D eigenvalue weighted by Crippen LogP contribution is -2.31. The van der Waals surface area contributed by atoms with Crippen LogP contribution < -0.4 is 20.4 Å². The van der Waals surface area contributed by atoms with E-state index in [4.69, 9.17) is 5.11 Å². The second-order valence-corrected chi connectivity index (χ2v) is 8.51. The summed E-state index contributed by atoms with van der Waals surface area (Å²) >= 11 is 0. The number of aromatic nitrogens is 1. The van der Waals surface area contributed by atoms with Gasteiger partial charge in [0.15, 0.2) is 23.2 Å². The molecule has 31 heavy (non-hydrogen) atoms. The zero-order valence-corrected chi connectivity index (χ0v) is 17.3. The molecule has 0 amide bonds. The highest BCUT2D eigenvalue weighted by atomic mass is 19.2. The summed E-state index contributed by atoms with van der Waals surface area (Å²) in [5.74, 6) is -4.49. The molecule has 2 aliphatic rings. The first-order valence-electron chi connectivity index (χ1n) is 10.3. The van der Waals surface area contributed by atoms with Crippen LogP contribution in [0.4, 0.5) is 23.7 Å². The molecule has 7 nitrogen and oxygen atoms in total. The van der Waals surface area contributed by atoms with Crippen LogP contribution in [0.1, 0.15) is 39.2 Å². The molecule has 4 rings (SSSR count). The fourth-order valence-electron chi connectivity index (χ4n) is 4.15. The van der Waals surface area contributed by atoms with Gasteiger partial charge in [-0.1, -0.05) is 13.8 Å². The molecule has 0 radical (unpaired) electrons. The van der Waals surface area contributed by atoms with Gasteiger partial charge in [0.05, 0.1) is 17.1 Å². The van der Waals surface area contributed by atoms with Gasteiger partial charge in [-0.05, 0) is 31.7 Å². The number of hydrogen-bond acceptors (Lipinski definition) is 5. The zero-order chi connectivity index (χ0) is 22.4. The average molecular weight is 439 g/mol. The summed E-state index contributed by atoms with van der Waals surface area (Å²) in [4.78, 5) is 25.0. The van der Waals surface area contributed by atoms with Crippen molar-refractivity contribution in [1.29, 1.82) is 0 Å². The lowest BCUT2D eigenvalue weighted by molar-refractivity contribution is 0.143. The number of hydrogen-bond donors (Lipinski definition) is 2. The maximum atomic E-state index is 15.6. The standard InChI is InChI=1S/C21H24F3N3O4/c1-10(2)25-7-11-5-6-26(8-11)19-16(23)15(22)14-18(17(19)24)27(12-3-4-12)9-13(20(14)28)31-21(29)30/h9-12,25H,3-8H2,1-2H3,(H,29,30). The number of nitrogens with one attached hydrogen (secondary N) is 1. The minimum atomic E-state index is -1.77. The monoisotopic (exact) mass is 439 g/mol. The Balaban J connectivity index is 1.83. The first-order chi connectivity index (χ1) is 14.7. The molecule has 1 atom stereocenters. The molecule has 0 spiro atoms. The summed E-state index contributed by atoms with van der Waals surface area (Å²) in [5.41, 5.74) is -2.04. The van der Waals surface area contributed by atoms with E-state index in [-0.39, 0.29) is 23.5 Å². The van der Waals surface area contributed by atoms with Crippen molar-refractivity contribution in [2.75, 3.05) is 24.5 Å². The Labute approximate surface area is 176 Å². The van der Waals surface area contributed by atoms with E-state index in [9.17, 15) is 9.59 Å². The number of pyridine rings is 1. The summed E-state index contributed by atoms with van der Waals surface area (Å²) in [5, 5.41) is 11.3. The second-order valence-electron chi connectivity index (χ2n) is 8.51. The van der Waals surface area contributed by atoms with Crippen LogP contribution in [0.15, 0.2) is 11.0 Å². The topological polar surface area (TPSA) is 83.8 Å². The lowest BCUT2D eigenvalue weighted by atomic mass is 10.1. The van der Waals surface area contributed by atoms with E-state index < -0.39 is 45.9 Å². The van der Waals surface area contributed by atoms with Crippen molar-refractivity contribution in [2.45, 2.75) is 45.2 Å². The van der Waals surface area contributed by atoms with Crippen molar-refractivity contribution in [3.63, 3.8) is 0 Å². The molecule has 10 heteroatoms. The van der Waals surface area contributed by atoms with Gasteiger partial charge in [0, 0.05) is 25.2 Å². The van der Waals surface area contributed by atoms with Crippen molar-refractivity contribution in [3.05, 3.63) is 33.9 Å². The quantitative estimate of drug-likeness (QED) is 0.528. The van der Waals surface area contributed by atoms with Crippen LogP contribution >= 0.6 is 0 Å². The Kier molecular flexibility index (Phi) is 5.59. The highest BCUT2D eigenvalue weighted by Gasteiger charge is 2.35. The van der Waals surface area contributed by atoms with Crippen LogP contribution in [0, 0.1) is 23.4 Å². The predicted octanol–water partition coefficient (Wildman–Crippen LogP) is 3.63. The fraction of sp³-hybridized carbons (Fsp3) is 0.524. The van der Waals surface area contributed by atoms with Crippen LogP contribution in [-0.2, 0) is 0 Å². The lowest BCUT2D eigenvalue weighted by Gasteiger charge is -2.23. The fourth-order valence-corrected chi connectivity index (χ4v) is 4.15. The maximum Gasteiger partial charge on any atom is 0.511 e. The third-order valence-electron chi connectivity index (χ3n) is 5.79. The van der Waals surface area contributed by atoms with Gasteiger partial charge < -0.3 is 24.6 Å². The van der Waals surface area contributed by atoms with Crippen LogP contribution in [0.2, 0.25) is 0 Å². The third kappa shape index (κ3) is 3.96. The van der Waals surface area contributed by atoms with E-state index >= 15 is 13.2 Å². The number of nitrogens with zero attached hydrogens (tertiary/aromatic N) is 2. The molecule has 1 saturated carbocycles. The molecule has 2 N–H and O–H groups in total. The number of benzene rings is 1. The van der Waals surface area contributed by atoms with Gasteiger partial charge in [-0.3, -0.25) is 4.79 Å². The summed E-state index contributed by atoms with van der Waals surface area (Å²) < 4.78 is 51.5. The van der Waals surface area contributed by atoms with E-state index in [1.165, 1.54) is 9.47 Å². The van der Waals surface area contributed by atoms with Crippen molar-refractivity contribution in [2.24, 2.45) is 5.92 Å². The Morgan fingerprint density at radius 1 is 1.23 bits per heavy atom. The minimum absolute atomic E-state index is 0.150. The van der Waals surface area contributed by atoms with Gasteiger partial charge in [0.1, 0.15) is 5.69 Å². The van der Waals surface area contributed by atoms with E-state index in [0.29, 0.717) is 38.9 Å². The van der Waals surface area contributed by atoms with Crippen LogP contribution in [0.25, 0.3) is 10.9 Å². The maximum absolute atomic E-state index is 15.6. The van der Waals surface area contributed by atoms with Crippen molar-refractivity contribution >= 4 is 22.7 Å². The predicted molar refractivity (Wildman–Crippen MR) is 108 cm³/mol. The number of anilines is 1. The van der Waals surface area contributed by atoms with E-state index in [0.717, 1.165) is 6.20 Å². The molecule has 2 fully saturated rings. The third-order valence-corrected chi connectivity index (χ3v) is 5.79. The SMILES string of the molecule is CC(C)NCC1CCN(c2c(F)c(F)c3c(=O)c(OC(=O)O)cn(C4CC4)c3c2F)C1. The number of halogens is 3. The number of fused-ring (bicyclic) bond motifs is 1. The Hall–Kier alpha value is -2.75. The van der Waals surface area contributed by atoms with Gasteiger partial charge in [0.25, 0.3) is 0 Å². The molecule has 1 aromatic heterocycles. The number of rotatable bonds is 6. The molecule has 1 aliphatic carbocycles. The van der Waals surface area contributed by atoms with Gasteiger partial charge in [0.2, 0.25) is 5.43 Å². The normalized spacial score (nSPS) is 18.9. The van der Waals surface area contributed by atoms with E-state index in [1.54, 1.807) is 0 Å². The second kappa shape index (κ2) is 8.07. The molecule has 168 valence electrons. The first-order valence-corrected chi connectivity index (χ1v) is 10.3. The van der Waals surface area contributed by atoms with Crippen molar-refractivity contribution in [3.8, 4) is 5.75 Å². The van der Waals surface area contributed by atoms with Crippen molar-refractivity contribution < 1.29 is 27.8 Å². The van der Waals surface area contributed by atoms with Gasteiger partial charge in [-0.2, -0.15) is 0 Å². The molecular formula is C21H24F3N3O4. The summed E-state index contributed by atoms with van der Waals surface area (Å²) in [6.45, 7) is 5.40. The van der Waals surface area contributed by atoms with Gasteiger partial charge in [-0.25, -0.2) is 18.0 Å². The molecule has 1 aromatic carbocycles. The zero-order valence-electron chi connectivity index (χ0n) is 17.3. The number of ether oxygens (including phenoxy) is 1. The molecule has 2 aromatic rings. The Morgan fingerprint density at radius 2 is 1.94 bits per heavy atom.